The zero-order valence-corrected chi connectivity index (χ0v) is 13.7. The summed E-state index contributed by atoms with van der Waals surface area (Å²) in [6, 6.07) is 17.7. The summed E-state index contributed by atoms with van der Waals surface area (Å²) in [7, 11) is 0. The quantitative estimate of drug-likeness (QED) is 0.746. The monoisotopic (exact) mass is 281 g/mol. The van der Waals surface area contributed by atoms with Crippen LogP contribution >= 0.6 is 0 Å². The van der Waals surface area contributed by atoms with Crippen LogP contribution in [0.4, 0.5) is 5.69 Å². The van der Waals surface area contributed by atoms with Crippen LogP contribution in [0.15, 0.2) is 48.5 Å². The lowest BCUT2D eigenvalue weighted by Gasteiger charge is -2.15. The largest absolute Gasteiger partial charge is 0.384 e. The first-order valence-corrected chi connectivity index (χ1v) is 7.94. The van der Waals surface area contributed by atoms with Gasteiger partial charge in [-0.05, 0) is 54.0 Å². The zero-order chi connectivity index (χ0) is 15.2. The number of rotatable bonds is 6. The van der Waals surface area contributed by atoms with E-state index in [1.807, 2.05) is 0 Å². The Labute approximate surface area is 129 Å². The van der Waals surface area contributed by atoms with Crippen molar-refractivity contribution >= 4 is 5.69 Å². The third kappa shape index (κ3) is 4.93. The van der Waals surface area contributed by atoms with Crippen molar-refractivity contribution in [1.82, 2.24) is 0 Å². The summed E-state index contributed by atoms with van der Waals surface area (Å²) < 4.78 is 0. The van der Waals surface area contributed by atoms with Crippen molar-refractivity contribution in [3.63, 3.8) is 0 Å². The number of anilines is 1. The molecule has 2 aromatic carbocycles. The van der Waals surface area contributed by atoms with E-state index in [1.54, 1.807) is 0 Å². The molecule has 0 heterocycles. The Bertz CT molecular complexity index is 554. The van der Waals surface area contributed by atoms with E-state index >= 15 is 0 Å². The lowest BCUT2D eigenvalue weighted by atomic mass is 9.96. The molecule has 112 valence electrons. The summed E-state index contributed by atoms with van der Waals surface area (Å²) in [6.07, 6.45) is 1.16. The molecule has 0 aliphatic heterocycles. The van der Waals surface area contributed by atoms with E-state index in [2.05, 4.69) is 81.5 Å². The first-order chi connectivity index (χ1) is 10.0. The van der Waals surface area contributed by atoms with E-state index in [0.29, 0.717) is 5.92 Å². The Morgan fingerprint density at radius 3 is 2.29 bits per heavy atom. The van der Waals surface area contributed by atoms with Crippen molar-refractivity contribution < 1.29 is 0 Å². The minimum absolute atomic E-state index is 0.513. The molecule has 21 heavy (non-hydrogen) atoms. The maximum absolute atomic E-state index is 3.53. The first kappa shape index (κ1) is 15.6. The molecule has 0 fully saturated rings. The van der Waals surface area contributed by atoms with Crippen molar-refractivity contribution in [2.75, 3.05) is 11.9 Å². The van der Waals surface area contributed by atoms with Crippen molar-refractivity contribution in [3.05, 3.63) is 65.2 Å². The molecule has 2 rings (SSSR count). The second-order valence-corrected chi connectivity index (χ2v) is 6.49. The molecule has 0 saturated heterocycles. The topological polar surface area (TPSA) is 12.0 Å². The second-order valence-electron chi connectivity index (χ2n) is 6.49. The van der Waals surface area contributed by atoms with Crippen molar-refractivity contribution in [1.29, 1.82) is 0 Å². The van der Waals surface area contributed by atoms with Crippen LogP contribution in [-0.4, -0.2) is 6.54 Å². The molecule has 0 radical (unpaired) electrons. The maximum Gasteiger partial charge on any atom is 0.0343 e. The van der Waals surface area contributed by atoms with Crippen LogP contribution in [0, 0.1) is 12.8 Å². The van der Waals surface area contributed by atoms with Gasteiger partial charge in [-0.15, -0.1) is 0 Å². The number of hydrogen-bond donors (Lipinski definition) is 1. The molecule has 0 bridgehead atoms. The van der Waals surface area contributed by atoms with Crippen molar-refractivity contribution in [2.24, 2.45) is 5.92 Å². The van der Waals surface area contributed by atoms with Crippen LogP contribution in [0.5, 0.6) is 0 Å². The highest BCUT2D eigenvalue weighted by Gasteiger charge is 2.06. The zero-order valence-electron chi connectivity index (χ0n) is 13.7. The second kappa shape index (κ2) is 7.31. The van der Waals surface area contributed by atoms with Gasteiger partial charge in [0.1, 0.15) is 0 Å². The highest BCUT2D eigenvalue weighted by atomic mass is 14.9. The number of hydrogen-bond acceptors (Lipinski definition) is 1. The molecule has 1 unspecified atom stereocenters. The Morgan fingerprint density at radius 1 is 0.952 bits per heavy atom. The van der Waals surface area contributed by atoms with Crippen LogP contribution in [-0.2, 0) is 6.42 Å². The Hall–Kier alpha value is -1.76. The van der Waals surface area contributed by atoms with Gasteiger partial charge in [0.05, 0.1) is 0 Å². The predicted octanol–water partition coefficient (Wildman–Crippen LogP) is 5.41. The van der Waals surface area contributed by atoms with Gasteiger partial charge in [0, 0.05) is 12.2 Å². The standard InChI is InChI=1S/C20H27N/c1-15(2)12-18-8-10-19(11-9-18)17(4)14-21-20-7-5-6-16(3)13-20/h5-11,13,15,17,21H,12,14H2,1-4H3. The van der Waals surface area contributed by atoms with E-state index in [9.17, 15) is 0 Å². The minimum atomic E-state index is 0.513. The molecular formula is C20H27N. The highest BCUT2D eigenvalue weighted by Crippen LogP contribution is 2.19. The predicted molar refractivity (Wildman–Crippen MR) is 93.1 cm³/mol. The van der Waals surface area contributed by atoms with Crippen LogP contribution in [0.1, 0.15) is 43.4 Å². The molecule has 0 aliphatic rings. The molecule has 0 spiro atoms. The van der Waals surface area contributed by atoms with Crippen molar-refractivity contribution in [2.45, 2.75) is 40.0 Å². The minimum Gasteiger partial charge on any atom is -0.384 e. The lowest BCUT2D eigenvalue weighted by Crippen LogP contribution is -2.10. The average molecular weight is 281 g/mol. The Morgan fingerprint density at radius 2 is 1.67 bits per heavy atom. The first-order valence-electron chi connectivity index (χ1n) is 7.94. The van der Waals surface area contributed by atoms with Crippen molar-refractivity contribution in [3.8, 4) is 0 Å². The summed E-state index contributed by atoms with van der Waals surface area (Å²) >= 11 is 0. The third-order valence-corrected chi connectivity index (χ3v) is 3.82. The molecule has 1 heteroatoms. The van der Waals surface area contributed by atoms with Gasteiger partial charge in [-0.2, -0.15) is 0 Å². The molecular weight excluding hydrogens is 254 g/mol. The Balaban J connectivity index is 1.92. The van der Waals surface area contributed by atoms with Crippen LogP contribution in [0.3, 0.4) is 0 Å². The molecule has 0 aromatic heterocycles. The molecule has 0 saturated carbocycles. The molecule has 0 aliphatic carbocycles. The fourth-order valence-corrected chi connectivity index (χ4v) is 2.60. The number of nitrogens with one attached hydrogen (secondary N) is 1. The molecule has 0 amide bonds. The van der Waals surface area contributed by atoms with E-state index in [1.165, 1.54) is 22.4 Å². The van der Waals surface area contributed by atoms with E-state index in [-0.39, 0.29) is 0 Å². The van der Waals surface area contributed by atoms with Gasteiger partial charge in [0.2, 0.25) is 0 Å². The average Bonchev–Trinajstić information content (AvgIpc) is 2.45. The summed E-state index contributed by atoms with van der Waals surface area (Å²) in [6.45, 7) is 9.90. The van der Waals surface area contributed by atoms with Crippen LogP contribution in [0.2, 0.25) is 0 Å². The molecule has 2 aromatic rings. The fraction of sp³-hybridized carbons (Fsp3) is 0.400. The van der Waals surface area contributed by atoms with Crippen LogP contribution in [0.25, 0.3) is 0 Å². The van der Waals surface area contributed by atoms with E-state index in [4.69, 9.17) is 0 Å². The lowest BCUT2D eigenvalue weighted by molar-refractivity contribution is 0.647. The molecule has 1 nitrogen and oxygen atoms in total. The third-order valence-electron chi connectivity index (χ3n) is 3.82. The van der Waals surface area contributed by atoms with Gasteiger partial charge in [-0.3, -0.25) is 0 Å². The van der Waals surface area contributed by atoms with Gasteiger partial charge in [-0.1, -0.05) is 57.2 Å². The maximum atomic E-state index is 3.53. The SMILES string of the molecule is Cc1cccc(NCC(C)c2ccc(CC(C)C)cc2)c1. The van der Waals surface area contributed by atoms with Gasteiger partial charge in [0.25, 0.3) is 0 Å². The van der Waals surface area contributed by atoms with E-state index < -0.39 is 0 Å². The normalized spacial score (nSPS) is 12.4. The smallest absolute Gasteiger partial charge is 0.0343 e. The summed E-state index contributed by atoms with van der Waals surface area (Å²) in [5.41, 5.74) is 5.35. The summed E-state index contributed by atoms with van der Waals surface area (Å²) in [5, 5.41) is 3.53. The van der Waals surface area contributed by atoms with Gasteiger partial charge >= 0.3 is 0 Å². The Kier molecular flexibility index (Phi) is 5.44. The van der Waals surface area contributed by atoms with Gasteiger partial charge in [0.15, 0.2) is 0 Å². The number of benzene rings is 2. The molecule has 1 N–H and O–H groups in total. The fourth-order valence-electron chi connectivity index (χ4n) is 2.60. The van der Waals surface area contributed by atoms with Gasteiger partial charge in [-0.25, -0.2) is 0 Å². The molecule has 1 atom stereocenters. The summed E-state index contributed by atoms with van der Waals surface area (Å²) in [4.78, 5) is 0. The number of aryl methyl sites for hydroxylation is 1. The van der Waals surface area contributed by atoms with Crippen LogP contribution < -0.4 is 5.32 Å². The van der Waals surface area contributed by atoms with Gasteiger partial charge < -0.3 is 5.32 Å². The van der Waals surface area contributed by atoms with E-state index in [0.717, 1.165) is 18.9 Å². The highest BCUT2D eigenvalue weighted by molar-refractivity contribution is 5.45. The summed E-state index contributed by atoms with van der Waals surface area (Å²) in [5.74, 6) is 1.23.